The minimum Gasteiger partial charge on any atom is -0.427 e. The van der Waals surface area contributed by atoms with E-state index in [1.807, 2.05) is 0 Å². The zero-order chi connectivity index (χ0) is 17.3. The van der Waals surface area contributed by atoms with E-state index in [2.05, 4.69) is 11.1 Å². The van der Waals surface area contributed by atoms with E-state index in [0.717, 1.165) is 5.56 Å². The Hall–Kier alpha value is -2.43. The summed E-state index contributed by atoms with van der Waals surface area (Å²) >= 11 is 0. The highest BCUT2D eigenvalue weighted by Gasteiger charge is 2.44. The number of aromatic nitrogens is 1. The molecule has 1 aromatic heterocycles. The number of nitriles is 1. The molecule has 1 aromatic carbocycles. The van der Waals surface area contributed by atoms with Crippen LogP contribution in [0.15, 0.2) is 12.1 Å². The Labute approximate surface area is 138 Å². The van der Waals surface area contributed by atoms with Crippen LogP contribution in [0.25, 0.3) is 10.9 Å². The summed E-state index contributed by atoms with van der Waals surface area (Å²) < 4.78 is 30.6. The maximum absolute atomic E-state index is 14.2. The zero-order valence-electron chi connectivity index (χ0n) is 13.4. The monoisotopic (exact) mass is 332 g/mol. The van der Waals surface area contributed by atoms with E-state index in [1.165, 1.54) is 26.2 Å². The average molecular weight is 332 g/mol. The summed E-state index contributed by atoms with van der Waals surface area (Å²) in [6.07, 6.45) is 0.746. The molecule has 2 aromatic rings. The molecule has 0 fully saturated rings. The number of halogens is 1. The normalized spacial score (nSPS) is 19.8. The first-order chi connectivity index (χ1) is 11.5. The third-order valence-corrected chi connectivity index (χ3v) is 4.14. The molecule has 0 bridgehead atoms. The van der Waals surface area contributed by atoms with Gasteiger partial charge in [0.15, 0.2) is 0 Å². The van der Waals surface area contributed by atoms with Crippen LogP contribution in [-0.4, -0.2) is 31.3 Å². The lowest BCUT2D eigenvalue weighted by atomic mass is 9.96. The summed E-state index contributed by atoms with van der Waals surface area (Å²) in [6.45, 7) is 1.87. The summed E-state index contributed by atoms with van der Waals surface area (Å²) in [5, 5.41) is 9.86. The van der Waals surface area contributed by atoms with Crippen molar-refractivity contribution in [1.82, 2.24) is 4.98 Å². The molecular weight excluding hydrogens is 315 g/mol. The van der Waals surface area contributed by atoms with Crippen molar-refractivity contribution in [3.63, 3.8) is 0 Å². The van der Waals surface area contributed by atoms with Crippen LogP contribution >= 0.6 is 0 Å². The molecule has 0 aliphatic carbocycles. The smallest absolute Gasteiger partial charge is 0.305 e. The van der Waals surface area contributed by atoms with Gasteiger partial charge in [-0.15, -0.1) is 0 Å². The van der Waals surface area contributed by atoms with Gasteiger partial charge in [-0.1, -0.05) is 0 Å². The standard InChI is InChI=1S/C17H17FN2O4/c1-10(21)24-17(6-8-22-2)16-12(5-7-23-17)14-11(9-19)3-4-13(18)15(14)20-16/h3-4,20H,5-8H2,1-2H3. The Kier molecular flexibility index (Phi) is 4.26. The fraction of sp³-hybridized carbons (Fsp3) is 0.412. The number of hydrogen-bond acceptors (Lipinski definition) is 5. The number of methoxy groups -OCH3 is 1. The number of benzene rings is 1. The van der Waals surface area contributed by atoms with Crippen LogP contribution in [-0.2, 0) is 31.2 Å². The number of esters is 1. The molecule has 126 valence electrons. The molecule has 0 saturated carbocycles. The maximum Gasteiger partial charge on any atom is 0.305 e. The van der Waals surface area contributed by atoms with E-state index in [-0.39, 0.29) is 18.5 Å². The van der Waals surface area contributed by atoms with Crippen molar-refractivity contribution < 1.29 is 23.4 Å². The highest BCUT2D eigenvalue weighted by Crippen LogP contribution is 2.41. The Morgan fingerprint density at radius 1 is 1.54 bits per heavy atom. The Bertz CT molecular complexity index is 839. The molecule has 24 heavy (non-hydrogen) atoms. The molecule has 7 heteroatoms. The summed E-state index contributed by atoms with van der Waals surface area (Å²) in [5.74, 6) is -2.35. The van der Waals surface area contributed by atoms with Gasteiger partial charge in [-0.2, -0.15) is 5.26 Å². The van der Waals surface area contributed by atoms with Crippen molar-refractivity contribution in [2.24, 2.45) is 0 Å². The van der Waals surface area contributed by atoms with Gasteiger partial charge < -0.3 is 19.2 Å². The fourth-order valence-electron chi connectivity index (χ4n) is 3.19. The van der Waals surface area contributed by atoms with Crippen LogP contribution in [0.2, 0.25) is 0 Å². The van der Waals surface area contributed by atoms with Gasteiger partial charge in [-0.05, 0) is 24.1 Å². The molecule has 6 nitrogen and oxygen atoms in total. The number of H-pyrrole nitrogens is 1. The van der Waals surface area contributed by atoms with Crippen LogP contribution in [0.5, 0.6) is 0 Å². The summed E-state index contributed by atoms with van der Waals surface area (Å²) in [5.41, 5.74) is 1.80. The van der Waals surface area contributed by atoms with E-state index < -0.39 is 17.6 Å². The number of carbonyl (C=O) groups excluding carboxylic acids is 1. The van der Waals surface area contributed by atoms with E-state index in [0.29, 0.717) is 29.7 Å². The van der Waals surface area contributed by atoms with Crippen molar-refractivity contribution in [3.05, 3.63) is 34.8 Å². The van der Waals surface area contributed by atoms with E-state index >= 15 is 0 Å². The minimum absolute atomic E-state index is 0.221. The summed E-state index contributed by atoms with van der Waals surface area (Å²) in [7, 11) is 1.53. The van der Waals surface area contributed by atoms with Gasteiger partial charge >= 0.3 is 5.97 Å². The minimum atomic E-state index is -1.37. The number of aromatic amines is 1. The molecule has 1 aliphatic heterocycles. The van der Waals surface area contributed by atoms with Gasteiger partial charge in [0, 0.05) is 25.8 Å². The lowest BCUT2D eigenvalue weighted by Gasteiger charge is -2.36. The first kappa shape index (κ1) is 16.4. The number of rotatable bonds is 4. The first-order valence-corrected chi connectivity index (χ1v) is 7.58. The van der Waals surface area contributed by atoms with Crippen molar-refractivity contribution in [2.45, 2.75) is 25.6 Å². The molecule has 0 radical (unpaired) electrons. The molecule has 1 N–H and O–H groups in total. The zero-order valence-corrected chi connectivity index (χ0v) is 13.4. The summed E-state index contributed by atoms with van der Waals surface area (Å²) in [6, 6.07) is 4.78. The molecule has 1 aliphatic rings. The highest BCUT2D eigenvalue weighted by atomic mass is 19.1. The lowest BCUT2D eigenvalue weighted by Crippen LogP contribution is -2.40. The third-order valence-electron chi connectivity index (χ3n) is 4.14. The fourth-order valence-corrected chi connectivity index (χ4v) is 3.19. The van der Waals surface area contributed by atoms with Crippen molar-refractivity contribution in [1.29, 1.82) is 5.26 Å². The van der Waals surface area contributed by atoms with Crippen LogP contribution in [0.4, 0.5) is 4.39 Å². The second-order valence-corrected chi connectivity index (χ2v) is 5.62. The van der Waals surface area contributed by atoms with Gasteiger partial charge in [0.05, 0.1) is 36.1 Å². The molecule has 1 unspecified atom stereocenters. The molecule has 3 rings (SSSR count). The SMILES string of the molecule is COCCC1(OC(C)=O)OCCc2c1[nH]c1c(F)ccc(C#N)c21. The number of nitrogens with one attached hydrogen (secondary N) is 1. The van der Waals surface area contributed by atoms with Crippen molar-refractivity contribution in [2.75, 3.05) is 20.3 Å². The van der Waals surface area contributed by atoms with Gasteiger partial charge in [-0.3, -0.25) is 4.79 Å². The van der Waals surface area contributed by atoms with Crippen LogP contribution < -0.4 is 0 Å². The summed E-state index contributed by atoms with van der Waals surface area (Å²) in [4.78, 5) is 14.6. The Morgan fingerprint density at radius 3 is 3.00 bits per heavy atom. The highest BCUT2D eigenvalue weighted by molar-refractivity contribution is 5.91. The van der Waals surface area contributed by atoms with Crippen molar-refractivity contribution >= 4 is 16.9 Å². The van der Waals surface area contributed by atoms with Gasteiger partial charge in [0.25, 0.3) is 5.79 Å². The molecule has 0 spiro atoms. The van der Waals surface area contributed by atoms with Crippen LogP contribution in [0.1, 0.15) is 30.2 Å². The largest absolute Gasteiger partial charge is 0.427 e. The first-order valence-electron chi connectivity index (χ1n) is 7.58. The predicted molar refractivity (Wildman–Crippen MR) is 82.6 cm³/mol. The lowest BCUT2D eigenvalue weighted by molar-refractivity contribution is -0.250. The predicted octanol–water partition coefficient (Wildman–Crippen LogP) is 2.50. The van der Waals surface area contributed by atoms with Crippen LogP contribution in [0.3, 0.4) is 0 Å². The number of ether oxygens (including phenoxy) is 3. The topological polar surface area (TPSA) is 84.3 Å². The number of nitrogens with zero attached hydrogens (tertiary/aromatic N) is 1. The molecule has 2 heterocycles. The van der Waals surface area contributed by atoms with E-state index in [9.17, 15) is 14.4 Å². The molecule has 1 atom stereocenters. The van der Waals surface area contributed by atoms with E-state index in [1.54, 1.807) is 0 Å². The molecule has 0 saturated heterocycles. The van der Waals surface area contributed by atoms with Crippen molar-refractivity contribution in [3.8, 4) is 6.07 Å². The maximum atomic E-state index is 14.2. The second-order valence-electron chi connectivity index (χ2n) is 5.62. The van der Waals surface area contributed by atoms with Crippen LogP contribution in [0, 0.1) is 17.1 Å². The number of carbonyl (C=O) groups is 1. The van der Waals surface area contributed by atoms with Gasteiger partial charge in [0.2, 0.25) is 0 Å². The Balaban J connectivity index is 2.26. The molecular formula is C17H17FN2O4. The Morgan fingerprint density at radius 2 is 2.33 bits per heavy atom. The molecule has 0 amide bonds. The third kappa shape index (κ3) is 2.54. The average Bonchev–Trinajstić information content (AvgIpc) is 2.95. The number of fused-ring (bicyclic) bond motifs is 3. The van der Waals surface area contributed by atoms with Gasteiger partial charge in [0.1, 0.15) is 5.82 Å². The number of hydrogen-bond donors (Lipinski definition) is 1. The quantitative estimate of drug-likeness (QED) is 0.870. The second kappa shape index (κ2) is 6.23. The van der Waals surface area contributed by atoms with Gasteiger partial charge in [-0.25, -0.2) is 4.39 Å². The van der Waals surface area contributed by atoms with E-state index in [4.69, 9.17) is 14.2 Å².